The number of rotatable bonds is 8. The molecule has 3 aromatic rings. The van der Waals surface area contributed by atoms with E-state index in [2.05, 4.69) is 0 Å². The summed E-state index contributed by atoms with van der Waals surface area (Å²) in [5.41, 5.74) is -1.52. The number of nitro benzene ring substituents is 3. The van der Waals surface area contributed by atoms with Crippen LogP contribution in [0.1, 0.15) is 15.9 Å². The van der Waals surface area contributed by atoms with E-state index in [-0.39, 0.29) is 12.3 Å². The summed E-state index contributed by atoms with van der Waals surface area (Å²) in [5.74, 6) is -0.282. The summed E-state index contributed by atoms with van der Waals surface area (Å²) < 4.78 is 10.7. The normalized spacial score (nSPS) is 10.3. The minimum atomic E-state index is -1.07. The molecule has 0 saturated heterocycles. The van der Waals surface area contributed by atoms with E-state index >= 15 is 0 Å². The van der Waals surface area contributed by atoms with Gasteiger partial charge in [0.15, 0.2) is 0 Å². The topological polar surface area (TPSA) is 165 Å². The minimum Gasteiger partial charge on any atom is -0.457 e. The molecule has 12 nitrogen and oxygen atoms in total. The Balaban J connectivity index is 1.68. The summed E-state index contributed by atoms with van der Waals surface area (Å²) in [5, 5.41) is 32.2. The van der Waals surface area contributed by atoms with Crippen molar-refractivity contribution in [1.29, 1.82) is 0 Å². The van der Waals surface area contributed by atoms with Gasteiger partial charge in [0.05, 0.1) is 26.4 Å². The van der Waals surface area contributed by atoms with Crippen molar-refractivity contribution in [2.75, 3.05) is 0 Å². The maximum Gasteiger partial charge on any atom is 0.340 e. The van der Waals surface area contributed by atoms with Gasteiger partial charge in [-0.2, -0.15) is 0 Å². The van der Waals surface area contributed by atoms with Gasteiger partial charge in [-0.1, -0.05) is 23.7 Å². The van der Waals surface area contributed by atoms with Crippen molar-refractivity contribution in [2.45, 2.75) is 6.61 Å². The molecule has 0 saturated carbocycles. The Kier molecular flexibility index (Phi) is 6.79. The van der Waals surface area contributed by atoms with Gasteiger partial charge in [-0.3, -0.25) is 30.3 Å². The van der Waals surface area contributed by atoms with E-state index in [0.717, 1.165) is 6.07 Å². The maximum absolute atomic E-state index is 12.3. The van der Waals surface area contributed by atoms with Crippen LogP contribution < -0.4 is 4.74 Å². The highest BCUT2D eigenvalue weighted by Crippen LogP contribution is 2.33. The van der Waals surface area contributed by atoms with Crippen LogP contribution in [0.3, 0.4) is 0 Å². The number of non-ortho nitro benzene ring substituents is 2. The molecule has 0 atom stereocenters. The van der Waals surface area contributed by atoms with Crippen LogP contribution in [0.2, 0.25) is 5.02 Å². The molecule has 0 fully saturated rings. The van der Waals surface area contributed by atoms with Gasteiger partial charge in [-0.15, -0.1) is 0 Å². The Bertz CT molecular complexity index is 1240. The van der Waals surface area contributed by atoms with Crippen molar-refractivity contribution in [2.24, 2.45) is 0 Å². The summed E-state index contributed by atoms with van der Waals surface area (Å²) >= 11 is 5.86. The SMILES string of the molecule is O=C(OCc1ccc(Oc2ccc([N+](=O)[O-])cc2)cc1)c1cc([N+](=O)[O-])cc([N+](=O)[O-])c1Cl. The van der Waals surface area contributed by atoms with Crippen molar-refractivity contribution in [1.82, 2.24) is 0 Å². The highest BCUT2D eigenvalue weighted by atomic mass is 35.5. The molecule has 0 bridgehead atoms. The second-order valence-corrected chi connectivity index (χ2v) is 6.79. The van der Waals surface area contributed by atoms with Crippen molar-refractivity contribution in [3.63, 3.8) is 0 Å². The third kappa shape index (κ3) is 5.57. The average Bonchev–Trinajstić information content (AvgIpc) is 2.78. The zero-order valence-corrected chi connectivity index (χ0v) is 17.1. The molecular weight excluding hydrogens is 462 g/mol. The van der Waals surface area contributed by atoms with Gasteiger partial charge in [-0.25, -0.2) is 4.79 Å². The van der Waals surface area contributed by atoms with E-state index in [9.17, 15) is 35.1 Å². The first-order valence-corrected chi connectivity index (χ1v) is 9.34. The van der Waals surface area contributed by atoms with Gasteiger partial charge in [0.2, 0.25) is 0 Å². The lowest BCUT2D eigenvalue weighted by atomic mass is 10.1. The molecule has 3 aromatic carbocycles. The van der Waals surface area contributed by atoms with Crippen molar-refractivity contribution in [3.8, 4) is 11.5 Å². The van der Waals surface area contributed by atoms with Crippen molar-refractivity contribution < 1.29 is 29.0 Å². The van der Waals surface area contributed by atoms with Crippen LogP contribution >= 0.6 is 11.6 Å². The Hall–Kier alpha value is -4.58. The van der Waals surface area contributed by atoms with Crippen LogP contribution in [0.5, 0.6) is 11.5 Å². The molecule has 0 aliphatic carbocycles. The number of nitro groups is 3. The molecule has 3 rings (SSSR count). The highest BCUT2D eigenvalue weighted by Gasteiger charge is 2.27. The van der Waals surface area contributed by atoms with Crippen LogP contribution in [0.15, 0.2) is 60.7 Å². The standard InChI is InChI=1S/C20H12ClN3O9/c21-19-17(9-14(23(28)29)10-18(19)24(30)31)20(25)32-11-12-1-5-15(6-2-12)33-16-7-3-13(4-8-16)22(26)27/h1-10H,11H2. The molecule has 168 valence electrons. The van der Waals surface area contributed by atoms with Crippen LogP contribution in [-0.2, 0) is 11.3 Å². The number of esters is 1. The average molecular weight is 474 g/mol. The Labute approximate surface area is 189 Å². The monoisotopic (exact) mass is 473 g/mol. The smallest absolute Gasteiger partial charge is 0.340 e. The molecule has 0 aromatic heterocycles. The van der Waals surface area contributed by atoms with Crippen LogP contribution in [0, 0.1) is 30.3 Å². The minimum absolute atomic E-state index is 0.0753. The largest absolute Gasteiger partial charge is 0.457 e. The molecule has 0 aliphatic heterocycles. The summed E-state index contributed by atoms with van der Waals surface area (Å²) in [7, 11) is 0. The van der Waals surface area contributed by atoms with Gasteiger partial charge >= 0.3 is 5.97 Å². The first-order valence-electron chi connectivity index (χ1n) is 8.96. The zero-order chi connectivity index (χ0) is 24.1. The van der Waals surface area contributed by atoms with Crippen LogP contribution in [0.4, 0.5) is 17.1 Å². The fourth-order valence-corrected chi connectivity index (χ4v) is 2.89. The number of hydrogen-bond donors (Lipinski definition) is 0. The van der Waals surface area contributed by atoms with Crippen molar-refractivity contribution in [3.05, 3.63) is 107 Å². The van der Waals surface area contributed by atoms with Gasteiger partial charge < -0.3 is 9.47 Å². The summed E-state index contributed by atoms with van der Waals surface area (Å²) in [4.78, 5) is 42.7. The second kappa shape index (κ2) is 9.70. The molecule has 33 heavy (non-hydrogen) atoms. The predicted molar refractivity (Wildman–Crippen MR) is 113 cm³/mol. The Morgan fingerprint density at radius 1 is 0.788 bits per heavy atom. The number of carbonyl (C=O) groups excluding carboxylic acids is 1. The van der Waals surface area contributed by atoms with Gasteiger partial charge in [0, 0.05) is 18.2 Å². The number of nitrogens with zero attached hydrogens (tertiary/aromatic N) is 3. The Morgan fingerprint density at radius 2 is 1.33 bits per heavy atom. The number of halogens is 1. The number of ether oxygens (including phenoxy) is 2. The molecule has 0 N–H and O–H groups in total. The molecule has 0 amide bonds. The zero-order valence-electron chi connectivity index (χ0n) is 16.4. The fraction of sp³-hybridized carbons (Fsp3) is 0.0500. The lowest BCUT2D eigenvalue weighted by Crippen LogP contribution is -2.08. The predicted octanol–water partition coefficient (Wildman–Crippen LogP) is 5.21. The first-order chi connectivity index (χ1) is 15.7. The molecule has 0 unspecified atom stereocenters. The molecule has 0 heterocycles. The van der Waals surface area contributed by atoms with Gasteiger partial charge in [0.1, 0.15) is 23.1 Å². The highest BCUT2D eigenvalue weighted by molar-refractivity contribution is 6.35. The van der Waals surface area contributed by atoms with E-state index in [1.807, 2.05) is 0 Å². The third-order valence-electron chi connectivity index (χ3n) is 4.24. The van der Waals surface area contributed by atoms with Gasteiger partial charge in [-0.05, 0) is 29.8 Å². The van der Waals surface area contributed by atoms with E-state index in [0.29, 0.717) is 23.1 Å². The molecular formula is C20H12ClN3O9. The van der Waals surface area contributed by atoms with Gasteiger partial charge in [0.25, 0.3) is 17.1 Å². The van der Waals surface area contributed by atoms with E-state index in [1.165, 1.54) is 24.3 Å². The summed E-state index contributed by atoms with van der Waals surface area (Å²) in [6, 6.07) is 13.2. The number of hydrogen-bond acceptors (Lipinski definition) is 9. The number of carbonyl (C=O) groups is 1. The molecule has 0 spiro atoms. The Morgan fingerprint density at radius 3 is 1.85 bits per heavy atom. The van der Waals surface area contributed by atoms with E-state index in [1.54, 1.807) is 24.3 Å². The van der Waals surface area contributed by atoms with E-state index < -0.39 is 42.7 Å². The van der Waals surface area contributed by atoms with Crippen LogP contribution in [0.25, 0.3) is 0 Å². The lowest BCUT2D eigenvalue weighted by Gasteiger charge is -2.09. The quantitative estimate of drug-likeness (QED) is 0.242. The molecule has 0 aliphatic rings. The summed E-state index contributed by atoms with van der Waals surface area (Å²) in [6.07, 6.45) is 0. The molecule has 13 heteroatoms. The second-order valence-electron chi connectivity index (χ2n) is 6.41. The summed E-state index contributed by atoms with van der Waals surface area (Å²) in [6.45, 7) is -0.247. The third-order valence-corrected chi connectivity index (χ3v) is 4.64. The van der Waals surface area contributed by atoms with E-state index in [4.69, 9.17) is 21.1 Å². The lowest BCUT2D eigenvalue weighted by molar-refractivity contribution is -0.394. The fourth-order valence-electron chi connectivity index (χ4n) is 2.63. The number of benzene rings is 3. The first kappa shape index (κ1) is 23.1. The van der Waals surface area contributed by atoms with Crippen LogP contribution in [-0.4, -0.2) is 20.7 Å². The maximum atomic E-state index is 12.3. The van der Waals surface area contributed by atoms with Crippen molar-refractivity contribution >= 4 is 34.6 Å². The molecule has 0 radical (unpaired) electrons.